The van der Waals surface area contributed by atoms with E-state index < -0.39 is 4.75 Å². The van der Waals surface area contributed by atoms with Crippen molar-refractivity contribution < 1.29 is 0 Å². The fourth-order valence-corrected chi connectivity index (χ4v) is 7.63. The van der Waals surface area contributed by atoms with Gasteiger partial charge in [-0.3, -0.25) is 13.9 Å². The monoisotopic (exact) mass is 571 g/mol. The van der Waals surface area contributed by atoms with Crippen LogP contribution in [0.3, 0.4) is 0 Å². The number of nitrogens with zero attached hydrogens (tertiary/aromatic N) is 3. The van der Waals surface area contributed by atoms with Crippen LogP contribution in [-0.2, 0) is 25.4 Å². The fourth-order valence-electron chi connectivity index (χ4n) is 5.98. The van der Waals surface area contributed by atoms with Gasteiger partial charge in [-0.25, -0.2) is 4.79 Å². The summed E-state index contributed by atoms with van der Waals surface area (Å²) in [6, 6.07) is 42.0. The van der Waals surface area contributed by atoms with Gasteiger partial charge in [0, 0.05) is 32.1 Å². The summed E-state index contributed by atoms with van der Waals surface area (Å²) in [5.74, 6) is 0. The van der Waals surface area contributed by atoms with Crippen LogP contribution in [0.1, 0.15) is 23.6 Å². The highest BCUT2D eigenvalue weighted by Crippen LogP contribution is 2.50. The normalized spacial score (nSPS) is 12.5. The molecule has 210 valence electrons. The van der Waals surface area contributed by atoms with Crippen molar-refractivity contribution in [2.24, 2.45) is 14.1 Å². The van der Waals surface area contributed by atoms with E-state index in [1.165, 1.54) is 21.3 Å². The van der Waals surface area contributed by atoms with Crippen LogP contribution in [0.25, 0.3) is 22.2 Å². The summed E-state index contributed by atoms with van der Waals surface area (Å²) in [6.07, 6.45) is 1.97. The molecule has 2 aromatic heterocycles. The molecule has 42 heavy (non-hydrogen) atoms. The molecule has 1 atom stereocenters. The molecule has 5 nitrogen and oxygen atoms in total. The molecular weight excluding hydrogens is 538 g/mol. The van der Waals surface area contributed by atoms with E-state index in [9.17, 15) is 9.59 Å². The Hall–Kier alpha value is -4.55. The lowest BCUT2D eigenvalue weighted by Crippen LogP contribution is -2.36. The average Bonchev–Trinajstić information content (AvgIpc) is 3.42. The maximum Gasteiger partial charge on any atom is 0.330 e. The van der Waals surface area contributed by atoms with Gasteiger partial charge < -0.3 is 4.57 Å². The van der Waals surface area contributed by atoms with Gasteiger partial charge in [-0.05, 0) is 22.3 Å². The standard InChI is InChI=1S/C36H33N3O2S/c1-26(24-39-25-31-32(33(39)27-16-8-4-9-17-27)34(40)38(3)35(41)37(31)2)42-36(28-18-10-5-11-19-28,29-20-12-6-13-21-29)30-22-14-7-15-23-30/h4-23,25-26H,24H2,1-3H3/t26-/m0/s1. The molecule has 0 unspecified atom stereocenters. The highest BCUT2D eigenvalue weighted by atomic mass is 32.2. The fraction of sp³-hybridized carbons (Fsp3) is 0.167. The summed E-state index contributed by atoms with van der Waals surface area (Å²) >= 11 is 1.90. The second-order valence-electron chi connectivity index (χ2n) is 10.7. The quantitative estimate of drug-likeness (QED) is 0.188. The second kappa shape index (κ2) is 11.4. The predicted molar refractivity (Wildman–Crippen MR) is 174 cm³/mol. The Morgan fingerprint density at radius 2 is 1.12 bits per heavy atom. The molecule has 0 bridgehead atoms. The molecule has 6 heteroatoms. The maximum atomic E-state index is 13.5. The number of benzene rings is 4. The Labute approximate surface area is 249 Å². The molecule has 0 radical (unpaired) electrons. The van der Waals surface area contributed by atoms with Crippen LogP contribution < -0.4 is 11.2 Å². The Bertz CT molecular complexity index is 1850. The van der Waals surface area contributed by atoms with Gasteiger partial charge in [0.1, 0.15) is 0 Å². The Balaban J connectivity index is 1.53. The molecule has 6 rings (SSSR count). The first kappa shape index (κ1) is 27.6. The van der Waals surface area contributed by atoms with E-state index in [4.69, 9.17) is 0 Å². The molecule has 0 saturated heterocycles. The van der Waals surface area contributed by atoms with E-state index in [1.54, 1.807) is 18.7 Å². The second-order valence-corrected chi connectivity index (χ2v) is 12.3. The third-order valence-electron chi connectivity index (χ3n) is 7.93. The van der Waals surface area contributed by atoms with Crippen LogP contribution in [0, 0.1) is 0 Å². The van der Waals surface area contributed by atoms with Gasteiger partial charge in [0.15, 0.2) is 0 Å². The van der Waals surface area contributed by atoms with Gasteiger partial charge in [0.25, 0.3) is 5.56 Å². The van der Waals surface area contributed by atoms with Crippen LogP contribution >= 0.6 is 11.8 Å². The Morgan fingerprint density at radius 3 is 1.60 bits per heavy atom. The minimum Gasteiger partial charge on any atom is -0.344 e. The number of aromatic nitrogens is 3. The van der Waals surface area contributed by atoms with Gasteiger partial charge in [-0.2, -0.15) is 0 Å². The molecule has 0 spiro atoms. The van der Waals surface area contributed by atoms with E-state index in [0.29, 0.717) is 17.4 Å². The van der Waals surface area contributed by atoms with Crippen molar-refractivity contribution in [3.05, 3.63) is 165 Å². The SMILES string of the molecule is C[C@@H](Cn1cc2c(c1-c1ccccc1)c(=O)n(C)c(=O)n2C)SC(c1ccccc1)(c1ccccc1)c1ccccc1. The van der Waals surface area contributed by atoms with Crippen LogP contribution in [0.5, 0.6) is 0 Å². The van der Waals surface area contributed by atoms with Crippen LogP contribution in [-0.4, -0.2) is 19.0 Å². The Kier molecular flexibility index (Phi) is 7.48. The highest BCUT2D eigenvalue weighted by molar-refractivity contribution is 8.01. The smallest absolute Gasteiger partial charge is 0.330 e. The predicted octanol–water partition coefficient (Wildman–Crippen LogP) is 6.82. The zero-order chi connectivity index (χ0) is 29.3. The van der Waals surface area contributed by atoms with Crippen molar-refractivity contribution in [2.45, 2.75) is 23.5 Å². The molecule has 0 amide bonds. The molecule has 0 fully saturated rings. The highest BCUT2D eigenvalue weighted by Gasteiger charge is 2.38. The lowest BCUT2D eigenvalue weighted by Gasteiger charge is -2.37. The first-order valence-corrected chi connectivity index (χ1v) is 15.0. The summed E-state index contributed by atoms with van der Waals surface area (Å²) in [5, 5.41) is 0.666. The van der Waals surface area contributed by atoms with Gasteiger partial charge >= 0.3 is 5.69 Å². The summed E-state index contributed by atoms with van der Waals surface area (Å²) in [4.78, 5) is 26.4. The largest absolute Gasteiger partial charge is 0.344 e. The van der Waals surface area contributed by atoms with E-state index in [1.807, 2.05) is 48.3 Å². The summed E-state index contributed by atoms with van der Waals surface area (Å²) in [6.45, 7) is 2.87. The molecule has 0 saturated carbocycles. The Morgan fingerprint density at radius 1 is 0.667 bits per heavy atom. The first-order valence-electron chi connectivity index (χ1n) is 14.1. The van der Waals surface area contributed by atoms with Gasteiger partial charge in [-0.15, -0.1) is 11.8 Å². The van der Waals surface area contributed by atoms with Crippen LogP contribution in [0.15, 0.2) is 137 Å². The lowest BCUT2D eigenvalue weighted by molar-refractivity contribution is 0.694. The third kappa shape index (κ3) is 4.72. The number of hydrogen-bond donors (Lipinski definition) is 0. The molecule has 0 aliphatic carbocycles. The van der Waals surface area contributed by atoms with Crippen molar-refractivity contribution >= 4 is 22.7 Å². The summed E-state index contributed by atoms with van der Waals surface area (Å²) in [7, 11) is 3.27. The van der Waals surface area contributed by atoms with Crippen molar-refractivity contribution in [2.75, 3.05) is 0 Å². The zero-order valence-electron chi connectivity index (χ0n) is 24.0. The van der Waals surface area contributed by atoms with Crippen molar-refractivity contribution in [1.29, 1.82) is 0 Å². The zero-order valence-corrected chi connectivity index (χ0v) is 24.8. The van der Waals surface area contributed by atoms with E-state index >= 15 is 0 Å². The molecule has 4 aromatic carbocycles. The third-order valence-corrected chi connectivity index (χ3v) is 9.54. The van der Waals surface area contributed by atoms with Gasteiger partial charge in [0.05, 0.1) is 21.3 Å². The van der Waals surface area contributed by atoms with E-state index in [0.717, 1.165) is 11.3 Å². The van der Waals surface area contributed by atoms with Crippen molar-refractivity contribution in [3.8, 4) is 11.3 Å². The summed E-state index contributed by atoms with van der Waals surface area (Å²) < 4.78 is 4.46. The number of fused-ring (bicyclic) bond motifs is 1. The molecular formula is C36H33N3O2S. The maximum absolute atomic E-state index is 13.5. The molecule has 0 aliphatic rings. The van der Waals surface area contributed by atoms with Crippen molar-refractivity contribution in [3.63, 3.8) is 0 Å². The number of thioether (sulfide) groups is 1. The van der Waals surface area contributed by atoms with Crippen molar-refractivity contribution in [1.82, 2.24) is 13.7 Å². The number of aryl methyl sites for hydroxylation is 1. The molecule has 6 aromatic rings. The number of rotatable bonds is 8. The van der Waals surface area contributed by atoms with E-state index in [2.05, 4.69) is 102 Å². The minimum absolute atomic E-state index is 0.107. The minimum atomic E-state index is -0.467. The first-order chi connectivity index (χ1) is 20.4. The van der Waals surface area contributed by atoms with Gasteiger partial charge in [-0.1, -0.05) is 128 Å². The van der Waals surface area contributed by atoms with E-state index in [-0.39, 0.29) is 16.5 Å². The topological polar surface area (TPSA) is 48.9 Å². The molecule has 0 aliphatic heterocycles. The average molecular weight is 572 g/mol. The molecule has 2 heterocycles. The van der Waals surface area contributed by atoms with Crippen LogP contribution in [0.2, 0.25) is 0 Å². The lowest BCUT2D eigenvalue weighted by atomic mass is 9.84. The van der Waals surface area contributed by atoms with Crippen LogP contribution in [0.4, 0.5) is 0 Å². The number of hydrogen-bond acceptors (Lipinski definition) is 3. The molecule has 0 N–H and O–H groups in total. The van der Waals surface area contributed by atoms with Gasteiger partial charge in [0.2, 0.25) is 0 Å². The summed E-state index contributed by atoms with van der Waals surface area (Å²) in [5.41, 5.74) is 5.42.